The van der Waals surface area contributed by atoms with Crippen molar-refractivity contribution in [2.45, 2.75) is 38.1 Å². The number of imidazole rings is 1. The number of esters is 1. The van der Waals surface area contributed by atoms with Crippen LogP contribution in [0.1, 0.15) is 34.0 Å². The Kier molecular flexibility index (Phi) is 10.9. The van der Waals surface area contributed by atoms with E-state index < -0.39 is 59.6 Å². The summed E-state index contributed by atoms with van der Waals surface area (Å²) in [4.78, 5) is 30.1. The van der Waals surface area contributed by atoms with Crippen LogP contribution in [0.4, 0.5) is 26.3 Å². The van der Waals surface area contributed by atoms with E-state index in [1.165, 1.54) is 4.90 Å². The largest absolute Gasteiger partial charge is 0.458 e. The SMILES string of the molecule is NCCOCCOCCOC(=O)c1nc(C(F)(F)F)n2c1CN(C(=O)CC(N)Cc1cc(F)c(F)cc1F)CC2. The Morgan fingerprint density at radius 2 is 1.62 bits per heavy atom. The molecular weight excluding hydrogens is 552 g/mol. The molecule has 0 saturated heterocycles. The van der Waals surface area contributed by atoms with E-state index >= 15 is 0 Å². The van der Waals surface area contributed by atoms with Crippen molar-refractivity contribution in [2.75, 3.05) is 46.1 Å². The van der Waals surface area contributed by atoms with Gasteiger partial charge in [-0.15, -0.1) is 0 Å². The predicted molar refractivity (Wildman–Crippen MR) is 126 cm³/mol. The van der Waals surface area contributed by atoms with Crippen LogP contribution in [-0.4, -0.2) is 78.5 Å². The zero-order valence-corrected chi connectivity index (χ0v) is 21.3. The lowest BCUT2D eigenvalue weighted by Crippen LogP contribution is -2.42. The lowest BCUT2D eigenvalue weighted by molar-refractivity contribution is -0.148. The van der Waals surface area contributed by atoms with E-state index in [0.717, 1.165) is 4.57 Å². The van der Waals surface area contributed by atoms with E-state index in [4.69, 9.17) is 25.7 Å². The van der Waals surface area contributed by atoms with Gasteiger partial charge in [-0.05, 0) is 18.1 Å². The van der Waals surface area contributed by atoms with Crippen LogP contribution in [0.3, 0.4) is 0 Å². The monoisotopic (exact) mass is 581 g/mol. The first kappa shape index (κ1) is 31.3. The third-order valence-electron chi connectivity index (χ3n) is 5.91. The van der Waals surface area contributed by atoms with Gasteiger partial charge in [-0.25, -0.2) is 22.9 Å². The van der Waals surface area contributed by atoms with Gasteiger partial charge in [0.25, 0.3) is 0 Å². The van der Waals surface area contributed by atoms with Crippen LogP contribution in [0, 0.1) is 17.5 Å². The summed E-state index contributed by atoms with van der Waals surface area (Å²) < 4.78 is 97.5. The van der Waals surface area contributed by atoms with Crippen LogP contribution in [0.15, 0.2) is 12.1 Å². The average Bonchev–Trinajstić information content (AvgIpc) is 3.28. The van der Waals surface area contributed by atoms with E-state index in [1.807, 2.05) is 0 Å². The lowest BCUT2D eigenvalue weighted by atomic mass is 10.0. The summed E-state index contributed by atoms with van der Waals surface area (Å²) in [5, 5.41) is 0. The molecule has 0 radical (unpaired) electrons. The fourth-order valence-electron chi connectivity index (χ4n) is 4.06. The van der Waals surface area contributed by atoms with Crippen LogP contribution in [-0.2, 0) is 44.7 Å². The van der Waals surface area contributed by atoms with E-state index in [1.54, 1.807) is 0 Å². The lowest BCUT2D eigenvalue weighted by Gasteiger charge is -2.30. The summed E-state index contributed by atoms with van der Waals surface area (Å²) in [7, 11) is 0. The number of nitrogens with zero attached hydrogens (tertiary/aromatic N) is 3. The van der Waals surface area contributed by atoms with Crippen LogP contribution in [0.5, 0.6) is 0 Å². The molecule has 2 heterocycles. The third kappa shape index (κ3) is 8.16. The fourth-order valence-corrected chi connectivity index (χ4v) is 4.06. The van der Waals surface area contributed by atoms with Crippen LogP contribution in [0.2, 0.25) is 0 Å². The molecule has 0 bridgehead atoms. The van der Waals surface area contributed by atoms with Crippen LogP contribution < -0.4 is 11.5 Å². The van der Waals surface area contributed by atoms with Crippen molar-refractivity contribution in [3.63, 3.8) is 0 Å². The minimum atomic E-state index is -4.87. The molecule has 40 heavy (non-hydrogen) atoms. The number of hydrogen-bond acceptors (Lipinski definition) is 8. The van der Waals surface area contributed by atoms with Gasteiger partial charge in [0.15, 0.2) is 17.3 Å². The second kappa shape index (κ2) is 13.9. The summed E-state index contributed by atoms with van der Waals surface area (Å²) in [6, 6.07) is 0.00842. The number of carbonyl (C=O) groups is 2. The second-order valence-electron chi connectivity index (χ2n) is 8.87. The Morgan fingerprint density at radius 1 is 0.975 bits per heavy atom. The predicted octanol–water partition coefficient (Wildman–Crippen LogP) is 1.77. The van der Waals surface area contributed by atoms with Gasteiger partial charge in [-0.1, -0.05) is 0 Å². The maximum atomic E-state index is 13.9. The molecule has 16 heteroatoms. The van der Waals surface area contributed by atoms with Gasteiger partial charge in [0.05, 0.1) is 38.7 Å². The van der Waals surface area contributed by atoms with Gasteiger partial charge in [0.1, 0.15) is 12.4 Å². The number of benzene rings is 1. The number of amides is 1. The number of fused-ring (bicyclic) bond motifs is 1. The number of halogens is 6. The second-order valence-corrected chi connectivity index (χ2v) is 8.87. The Morgan fingerprint density at radius 3 is 2.30 bits per heavy atom. The Labute approximate surface area is 225 Å². The molecule has 10 nitrogen and oxygen atoms in total. The molecule has 0 fully saturated rings. The summed E-state index contributed by atoms with van der Waals surface area (Å²) in [5.74, 6) is -6.70. The molecule has 4 N–H and O–H groups in total. The Hall–Kier alpha value is -3.21. The molecule has 1 aliphatic heterocycles. The highest BCUT2D eigenvalue weighted by Crippen LogP contribution is 2.32. The van der Waals surface area contributed by atoms with Crippen molar-refractivity contribution >= 4 is 11.9 Å². The molecule has 222 valence electrons. The van der Waals surface area contributed by atoms with Crippen molar-refractivity contribution in [3.05, 3.63) is 52.4 Å². The highest BCUT2D eigenvalue weighted by Gasteiger charge is 2.42. The number of aromatic nitrogens is 2. The summed E-state index contributed by atoms with van der Waals surface area (Å²) in [6.45, 7) is -0.00420. The van der Waals surface area contributed by atoms with Gasteiger partial charge >= 0.3 is 12.1 Å². The van der Waals surface area contributed by atoms with Crippen LogP contribution >= 0.6 is 0 Å². The molecule has 1 unspecified atom stereocenters. The first-order valence-corrected chi connectivity index (χ1v) is 12.3. The smallest absolute Gasteiger partial charge is 0.449 e. The molecule has 0 saturated carbocycles. The molecule has 1 aliphatic rings. The van der Waals surface area contributed by atoms with Crippen molar-refractivity contribution in [1.82, 2.24) is 14.5 Å². The average molecular weight is 582 g/mol. The molecular formula is C24H29F6N5O5. The van der Waals surface area contributed by atoms with Gasteiger partial charge < -0.3 is 35.1 Å². The van der Waals surface area contributed by atoms with Crippen LogP contribution in [0.25, 0.3) is 0 Å². The number of rotatable bonds is 13. The maximum absolute atomic E-state index is 13.9. The van der Waals surface area contributed by atoms with E-state index in [9.17, 15) is 35.9 Å². The zero-order chi connectivity index (χ0) is 29.4. The van der Waals surface area contributed by atoms with Crippen molar-refractivity contribution in [3.8, 4) is 0 Å². The molecule has 3 rings (SSSR count). The zero-order valence-electron chi connectivity index (χ0n) is 21.3. The summed E-state index contributed by atoms with van der Waals surface area (Å²) in [6.07, 6.45) is -5.54. The first-order valence-electron chi connectivity index (χ1n) is 12.3. The van der Waals surface area contributed by atoms with E-state index in [-0.39, 0.29) is 63.6 Å². The van der Waals surface area contributed by atoms with Gasteiger partial charge in [0.2, 0.25) is 11.7 Å². The molecule has 1 atom stereocenters. The molecule has 1 aromatic heterocycles. The molecule has 1 aromatic carbocycles. The first-order chi connectivity index (χ1) is 18.9. The van der Waals surface area contributed by atoms with Gasteiger partial charge in [-0.3, -0.25) is 4.79 Å². The van der Waals surface area contributed by atoms with Gasteiger partial charge in [-0.2, -0.15) is 13.2 Å². The number of hydrogen-bond donors (Lipinski definition) is 2. The Balaban J connectivity index is 1.64. The number of alkyl halides is 3. The minimum Gasteiger partial charge on any atom is -0.458 e. The molecule has 2 aromatic rings. The third-order valence-corrected chi connectivity index (χ3v) is 5.91. The topological polar surface area (TPSA) is 135 Å². The van der Waals surface area contributed by atoms with E-state index in [2.05, 4.69) is 4.98 Å². The maximum Gasteiger partial charge on any atom is 0.449 e. The highest BCUT2D eigenvalue weighted by atomic mass is 19.4. The van der Waals surface area contributed by atoms with Crippen molar-refractivity contribution < 1.29 is 50.1 Å². The Bertz CT molecular complexity index is 1190. The minimum absolute atomic E-state index is 0.0407. The fraction of sp³-hybridized carbons (Fsp3) is 0.542. The van der Waals surface area contributed by atoms with Crippen molar-refractivity contribution in [1.29, 1.82) is 0 Å². The quantitative estimate of drug-likeness (QED) is 0.158. The molecule has 0 aliphatic carbocycles. The molecule has 0 spiro atoms. The summed E-state index contributed by atoms with van der Waals surface area (Å²) in [5.41, 5.74) is 10.2. The van der Waals surface area contributed by atoms with Crippen molar-refractivity contribution in [2.24, 2.45) is 11.5 Å². The summed E-state index contributed by atoms with van der Waals surface area (Å²) >= 11 is 0. The number of carbonyl (C=O) groups excluding carboxylic acids is 2. The van der Waals surface area contributed by atoms with Gasteiger partial charge in [0, 0.05) is 38.2 Å². The van der Waals surface area contributed by atoms with E-state index in [0.29, 0.717) is 25.3 Å². The molecule has 1 amide bonds. The number of nitrogens with two attached hydrogens (primary N) is 2. The highest BCUT2D eigenvalue weighted by molar-refractivity contribution is 5.89. The standard InChI is InChI=1S/C24H29F6N5O5/c25-16-12-18(27)17(26)10-14(16)9-15(32)11-20(36)34-2-3-35-19(13-34)21(33-23(35)24(28,29)30)22(37)40-8-7-39-6-5-38-4-1-31/h10,12,15H,1-9,11,13,31-32H2. The number of ether oxygens (including phenoxy) is 3. The normalized spacial score (nSPS) is 14.2.